The summed E-state index contributed by atoms with van der Waals surface area (Å²) in [6, 6.07) is 10.2. The molecule has 2 rings (SSSR count). The van der Waals surface area contributed by atoms with E-state index in [-0.39, 0.29) is 24.7 Å². The van der Waals surface area contributed by atoms with E-state index in [1.165, 1.54) is 31.4 Å². The molecule has 0 spiro atoms. The molecule has 0 saturated carbocycles. The predicted molar refractivity (Wildman–Crippen MR) is 74.9 cm³/mol. The Morgan fingerprint density at radius 3 is 2.62 bits per heavy atom. The average molecular weight is 291 g/mol. The minimum absolute atomic E-state index is 0.0324. The van der Waals surface area contributed by atoms with E-state index in [2.05, 4.69) is 5.32 Å². The van der Waals surface area contributed by atoms with Crippen LogP contribution in [0.5, 0.6) is 5.75 Å². The number of halogens is 2. The number of carbonyl (C=O) groups excluding carboxylic acids is 1. The van der Waals surface area contributed by atoms with Gasteiger partial charge in [0.25, 0.3) is 0 Å². The monoisotopic (exact) mass is 291 g/mol. The van der Waals surface area contributed by atoms with Crippen LogP contribution >= 0.6 is 0 Å². The van der Waals surface area contributed by atoms with Crippen LogP contribution < -0.4 is 10.1 Å². The number of rotatable bonds is 5. The molecule has 0 heterocycles. The number of methoxy groups -OCH3 is 1. The first-order valence-electron chi connectivity index (χ1n) is 6.42. The van der Waals surface area contributed by atoms with Gasteiger partial charge in [-0.1, -0.05) is 18.2 Å². The molecule has 2 aromatic carbocycles. The Balaban J connectivity index is 1.99. The highest BCUT2D eigenvalue weighted by molar-refractivity contribution is 5.79. The second kappa shape index (κ2) is 6.83. The lowest BCUT2D eigenvalue weighted by atomic mass is 10.1. The number of benzene rings is 2. The van der Waals surface area contributed by atoms with Crippen LogP contribution in [0.2, 0.25) is 0 Å². The first kappa shape index (κ1) is 15.0. The molecule has 2 aromatic rings. The molecule has 0 saturated heterocycles. The zero-order chi connectivity index (χ0) is 15.2. The first-order valence-corrected chi connectivity index (χ1v) is 6.42. The van der Waals surface area contributed by atoms with Gasteiger partial charge in [-0.3, -0.25) is 4.79 Å². The van der Waals surface area contributed by atoms with Crippen molar-refractivity contribution >= 4 is 5.91 Å². The standard InChI is InChI=1S/C16H15F2NO2/c1-21-15-7-6-13(17)8-12(15)9-16(20)19-10-11-4-2-3-5-14(11)18/h2-8H,9-10H2,1H3,(H,19,20). The van der Waals surface area contributed by atoms with Gasteiger partial charge in [0.15, 0.2) is 0 Å². The number of hydrogen-bond acceptors (Lipinski definition) is 2. The Bertz CT molecular complexity index is 644. The number of ether oxygens (including phenoxy) is 1. The van der Waals surface area contributed by atoms with Crippen molar-refractivity contribution in [1.29, 1.82) is 0 Å². The Hall–Kier alpha value is -2.43. The van der Waals surface area contributed by atoms with Crippen LogP contribution in [-0.2, 0) is 17.8 Å². The average Bonchev–Trinajstić information content (AvgIpc) is 2.47. The number of nitrogens with one attached hydrogen (secondary N) is 1. The fourth-order valence-electron chi connectivity index (χ4n) is 1.96. The van der Waals surface area contributed by atoms with Gasteiger partial charge in [-0.05, 0) is 24.3 Å². The lowest BCUT2D eigenvalue weighted by Gasteiger charge is -2.09. The van der Waals surface area contributed by atoms with Crippen molar-refractivity contribution in [3.05, 3.63) is 65.2 Å². The van der Waals surface area contributed by atoms with E-state index in [0.717, 1.165) is 0 Å². The van der Waals surface area contributed by atoms with E-state index in [9.17, 15) is 13.6 Å². The van der Waals surface area contributed by atoms with E-state index in [1.807, 2.05) is 0 Å². The SMILES string of the molecule is COc1ccc(F)cc1CC(=O)NCc1ccccc1F. The number of carbonyl (C=O) groups is 1. The molecule has 1 amide bonds. The number of amides is 1. The van der Waals surface area contributed by atoms with E-state index in [1.54, 1.807) is 18.2 Å². The van der Waals surface area contributed by atoms with Gasteiger partial charge >= 0.3 is 0 Å². The molecule has 0 bridgehead atoms. The van der Waals surface area contributed by atoms with Gasteiger partial charge in [0.05, 0.1) is 13.5 Å². The lowest BCUT2D eigenvalue weighted by Crippen LogP contribution is -2.25. The molecule has 1 N–H and O–H groups in total. The van der Waals surface area contributed by atoms with Crippen molar-refractivity contribution in [3.8, 4) is 5.75 Å². The number of hydrogen-bond donors (Lipinski definition) is 1. The van der Waals surface area contributed by atoms with Gasteiger partial charge in [0, 0.05) is 17.7 Å². The zero-order valence-corrected chi connectivity index (χ0v) is 11.5. The maximum Gasteiger partial charge on any atom is 0.224 e. The summed E-state index contributed by atoms with van der Waals surface area (Å²) in [4.78, 5) is 11.9. The Morgan fingerprint density at radius 2 is 1.90 bits per heavy atom. The zero-order valence-electron chi connectivity index (χ0n) is 11.5. The molecule has 0 unspecified atom stereocenters. The largest absolute Gasteiger partial charge is 0.496 e. The van der Waals surface area contributed by atoms with Crippen LogP contribution in [0.1, 0.15) is 11.1 Å². The molecule has 0 atom stereocenters. The van der Waals surface area contributed by atoms with Crippen molar-refractivity contribution in [2.75, 3.05) is 7.11 Å². The summed E-state index contributed by atoms with van der Waals surface area (Å²) in [5, 5.41) is 2.60. The van der Waals surface area contributed by atoms with E-state index in [0.29, 0.717) is 16.9 Å². The smallest absolute Gasteiger partial charge is 0.224 e. The molecule has 21 heavy (non-hydrogen) atoms. The molecule has 0 aliphatic carbocycles. The van der Waals surface area contributed by atoms with E-state index in [4.69, 9.17) is 4.74 Å². The van der Waals surface area contributed by atoms with Gasteiger partial charge < -0.3 is 10.1 Å². The van der Waals surface area contributed by atoms with Gasteiger partial charge in [-0.2, -0.15) is 0 Å². The van der Waals surface area contributed by atoms with Crippen LogP contribution in [-0.4, -0.2) is 13.0 Å². The van der Waals surface area contributed by atoms with Crippen LogP contribution in [0.3, 0.4) is 0 Å². The quantitative estimate of drug-likeness (QED) is 0.920. The minimum Gasteiger partial charge on any atom is -0.496 e. The normalized spacial score (nSPS) is 10.2. The van der Waals surface area contributed by atoms with Gasteiger partial charge in [0.2, 0.25) is 5.91 Å². The molecule has 0 aliphatic heterocycles. The summed E-state index contributed by atoms with van der Waals surface area (Å²) in [7, 11) is 1.45. The second-order valence-electron chi connectivity index (χ2n) is 4.50. The third-order valence-corrected chi connectivity index (χ3v) is 3.03. The topological polar surface area (TPSA) is 38.3 Å². The first-order chi connectivity index (χ1) is 10.1. The van der Waals surface area contributed by atoms with Crippen molar-refractivity contribution < 1.29 is 18.3 Å². The summed E-state index contributed by atoms with van der Waals surface area (Å²) in [6.07, 6.45) is -0.0324. The Kier molecular flexibility index (Phi) is 4.87. The summed E-state index contributed by atoms with van der Waals surface area (Å²) in [6.45, 7) is 0.0864. The Morgan fingerprint density at radius 1 is 1.14 bits per heavy atom. The van der Waals surface area contributed by atoms with E-state index < -0.39 is 5.82 Å². The lowest BCUT2D eigenvalue weighted by molar-refractivity contribution is -0.120. The third-order valence-electron chi connectivity index (χ3n) is 3.03. The molecular weight excluding hydrogens is 276 g/mol. The Labute approximate surface area is 121 Å². The highest BCUT2D eigenvalue weighted by Crippen LogP contribution is 2.19. The van der Waals surface area contributed by atoms with Gasteiger partial charge in [-0.25, -0.2) is 8.78 Å². The van der Waals surface area contributed by atoms with Crippen LogP contribution in [0, 0.1) is 11.6 Å². The summed E-state index contributed by atoms with van der Waals surface area (Å²) in [5.74, 6) is -0.701. The second-order valence-corrected chi connectivity index (χ2v) is 4.50. The van der Waals surface area contributed by atoms with Crippen LogP contribution in [0.25, 0.3) is 0 Å². The molecule has 0 radical (unpaired) electrons. The molecule has 0 aliphatic rings. The molecule has 0 fully saturated rings. The maximum absolute atomic E-state index is 13.4. The van der Waals surface area contributed by atoms with Crippen molar-refractivity contribution in [3.63, 3.8) is 0 Å². The van der Waals surface area contributed by atoms with Crippen LogP contribution in [0.4, 0.5) is 8.78 Å². The minimum atomic E-state index is -0.437. The maximum atomic E-state index is 13.4. The van der Waals surface area contributed by atoms with Gasteiger partial charge in [-0.15, -0.1) is 0 Å². The van der Waals surface area contributed by atoms with Crippen molar-refractivity contribution in [2.45, 2.75) is 13.0 Å². The fraction of sp³-hybridized carbons (Fsp3) is 0.188. The molecule has 5 heteroatoms. The summed E-state index contributed by atoms with van der Waals surface area (Å²) in [5.41, 5.74) is 0.848. The molecule has 110 valence electrons. The van der Waals surface area contributed by atoms with E-state index >= 15 is 0 Å². The van der Waals surface area contributed by atoms with Crippen LogP contribution in [0.15, 0.2) is 42.5 Å². The third kappa shape index (κ3) is 4.02. The molecule has 3 nitrogen and oxygen atoms in total. The molecular formula is C16H15F2NO2. The summed E-state index contributed by atoms with van der Waals surface area (Å²) >= 11 is 0. The highest BCUT2D eigenvalue weighted by atomic mass is 19.1. The van der Waals surface area contributed by atoms with Gasteiger partial charge in [0.1, 0.15) is 17.4 Å². The highest BCUT2D eigenvalue weighted by Gasteiger charge is 2.10. The van der Waals surface area contributed by atoms with Crippen molar-refractivity contribution in [2.24, 2.45) is 0 Å². The van der Waals surface area contributed by atoms with Crippen molar-refractivity contribution in [1.82, 2.24) is 5.32 Å². The predicted octanol–water partition coefficient (Wildman–Crippen LogP) is 2.83. The summed E-state index contributed by atoms with van der Waals surface area (Å²) < 4.78 is 31.7. The fourth-order valence-corrected chi connectivity index (χ4v) is 1.96. The molecule has 0 aromatic heterocycles.